The number of nitrogens with zero attached hydrogens (tertiary/aromatic N) is 3. The maximum Gasteiger partial charge on any atom is 0.309 e. The molecule has 4 rings (SSSR count). The van der Waals surface area contributed by atoms with Gasteiger partial charge in [0.25, 0.3) is 0 Å². The van der Waals surface area contributed by atoms with Crippen LogP contribution in [0.4, 0.5) is 0 Å². The molecule has 3 aromatic rings. The Morgan fingerprint density at radius 3 is 2.41 bits per heavy atom. The molecular formula is C25H27N3O5S. The monoisotopic (exact) mass is 481 g/mol. The lowest BCUT2D eigenvalue weighted by atomic mass is 9.98. The zero-order valence-electron chi connectivity index (χ0n) is 19.2. The summed E-state index contributed by atoms with van der Waals surface area (Å²) in [5, 5.41) is 0. The van der Waals surface area contributed by atoms with Crippen molar-refractivity contribution >= 4 is 21.8 Å². The number of para-hydroxylation sites is 1. The molecule has 8 nitrogen and oxygen atoms in total. The van der Waals surface area contributed by atoms with Crippen LogP contribution in [-0.2, 0) is 19.6 Å². The van der Waals surface area contributed by atoms with E-state index in [0.717, 1.165) is 17.1 Å². The third-order valence-corrected chi connectivity index (χ3v) is 8.03. The molecule has 0 N–H and O–H groups in total. The van der Waals surface area contributed by atoms with Crippen molar-refractivity contribution in [2.24, 2.45) is 5.92 Å². The number of carbonyl (C=O) groups is 2. The highest BCUT2D eigenvalue weighted by molar-refractivity contribution is 7.89. The summed E-state index contributed by atoms with van der Waals surface area (Å²) in [6.07, 6.45) is 3.52. The molecule has 0 spiro atoms. The summed E-state index contributed by atoms with van der Waals surface area (Å²) in [7, 11) is -3.64. The normalized spacial score (nSPS) is 15.2. The van der Waals surface area contributed by atoms with Crippen LogP contribution in [-0.4, -0.2) is 53.7 Å². The Hall–Kier alpha value is -3.30. The lowest BCUT2D eigenvalue weighted by Gasteiger charge is -2.29. The van der Waals surface area contributed by atoms with Crippen LogP contribution in [0, 0.1) is 19.8 Å². The number of aromatic nitrogens is 2. The Morgan fingerprint density at radius 2 is 1.76 bits per heavy atom. The summed E-state index contributed by atoms with van der Waals surface area (Å²) in [5.74, 6) is -1.17. The summed E-state index contributed by atoms with van der Waals surface area (Å²) in [6.45, 7) is 3.88. The number of carbonyl (C=O) groups excluding carboxylic acids is 2. The lowest BCUT2D eigenvalue weighted by Crippen LogP contribution is -2.40. The minimum atomic E-state index is -3.64. The Bertz CT molecular complexity index is 1280. The van der Waals surface area contributed by atoms with Crippen molar-refractivity contribution in [1.29, 1.82) is 0 Å². The van der Waals surface area contributed by atoms with E-state index in [0.29, 0.717) is 18.4 Å². The fourth-order valence-corrected chi connectivity index (χ4v) is 5.77. The Balaban J connectivity index is 1.34. The van der Waals surface area contributed by atoms with Crippen molar-refractivity contribution in [3.05, 3.63) is 77.9 Å². The summed E-state index contributed by atoms with van der Waals surface area (Å²) in [4.78, 5) is 29.4. The lowest BCUT2D eigenvalue weighted by molar-refractivity contribution is -0.148. The fraction of sp³-hybridized carbons (Fsp3) is 0.320. The number of hydrogen-bond acceptors (Lipinski definition) is 6. The van der Waals surface area contributed by atoms with Gasteiger partial charge in [-0.3, -0.25) is 14.6 Å². The molecule has 0 amide bonds. The molecule has 0 radical (unpaired) electrons. The number of ketones is 1. The maximum atomic E-state index is 12.8. The van der Waals surface area contributed by atoms with Crippen LogP contribution in [0.5, 0.6) is 0 Å². The second-order valence-electron chi connectivity index (χ2n) is 8.35. The molecule has 0 bridgehead atoms. The molecule has 1 aliphatic rings. The molecule has 0 atom stereocenters. The van der Waals surface area contributed by atoms with E-state index in [-0.39, 0.29) is 30.4 Å². The largest absolute Gasteiger partial charge is 0.457 e. The molecule has 1 saturated heterocycles. The van der Waals surface area contributed by atoms with Crippen LogP contribution < -0.4 is 0 Å². The van der Waals surface area contributed by atoms with Gasteiger partial charge in [0.1, 0.15) is 4.90 Å². The smallest absolute Gasteiger partial charge is 0.309 e. The number of Topliss-reactive ketones (excluding diaryl/α,β-unsaturated/α-hetero) is 1. The average molecular weight is 482 g/mol. The SMILES string of the molecule is Cc1cc(C(=O)COC(=O)C2CCN(S(=O)(=O)c3cccnc3)CC2)c(C)n1-c1ccccc1. The minimum Gasteiger partial charge on any atom is -0.457 e. The molecule has 0 aliphatic carbocycles. The maximum absolute atomic E-state index is 12.8. The van der Waals surface area contributed by atoms with Gasteiger partial charge in [-0.25, -0.2) is 8.42 Å². The van der Waals surface area contributed by atoms with Gasteiger partial charge in [0.05, 0.1) is 5.92 Å². The Kier molecular flexibility index (Phi) is 6.95. The molecule has 0 unspecified atom stereocenters. The Labute approximate surface area is 199 Å². The summed E-state index contributed by atoms with van der Waals surface area (Å²) >= 11 is 0. The number of ether oxygens (including phenoxy) is 1. The average Bonchev–Trinajstić information content (AvgIpc) is 3.17. The first kappa shape index (κ1) is 23.8. The molecule has 1 aromatic carbocycles. The first-order chi connectivity index (χ1) is 16.3. The minimum absolute atomic E-state index is 0.134. The number of hydrogen-bond donors (Lipinski definition) is 0. The number of rotatable bonds is 7. The second kappa shape index (κ2) is 9.90. The van der Waals surface area contributed by atoms with E-state index in [1.165, 1.54) is 22.8 Å². The van der Waals surface area contributed by atoms with Crippen LogP contribution in [0.25, 0.3) is 5.69 Å². The van der Waals surface area contributed by atoms with E-state index >= 15 is 0 Å². The standard InChI is InChI=1S/C25H27N3O5S/c1-18-15-23(19(2)28(18)21-7-4-3-5-8-21)24(29)17-33-25(30)20-10-13-27(14-11-20)34(31,32)22-9-6-12-26-16-22/h3-9,12,15-16,20H,10-11,13-14,17H2,1-2H3. The zero-order valence-corrected chi connectivity index (χ0v) is 20.0. The quantitative estimate of drug-likeness (QED) is 0.379. The molecule has 9 heteroatoms. The van der Waals surface area contributed by atoms with E-state index in [4.69, 9.17) is 4.74 Å². The number of piperidine rings is 1. The number of benzene rings is 1. The van der Waals surface area contributed by atoms with Crippen molar-refractivity contribution in [2.45, 2.75) is 31.6 Å². The fourth-order valence-electron chi connectivity index (χ4n) is 4.33. The Morgan fingerprint density at radius 1 is 1.06 bits per heavy atom. The van der Waals surface area contributed by atoms with Gasteiger partial charge in [-0.2, -0.15) is 4.31 Å². The van der Waals surface area contributed by atoms with Gasteiger partial charge < -0.3 is 9.30 Å². The van der Waals surface area contributed by atoms with Crippen molar-refractivity contribution in [3.63, 3.8) is 0 Å². The molecule has 2 aromatic heterocycles. The van der Waals surface area contributed by atoms with Crippen LogP contribution in [0.2, 0.25) is 0 Å². The second-order valence-corrected chi connectivity index (χ2v) is 10.3. The summed E-state index contributed by atoms with van der Waals surface area (Å²) < 4.78 is 34.1. The van der Waals surface area contributed by atoms with E-state index in [1.54, 1.807) is 12.1 Å². The molecular weight excluding hydrogens is 454 g/mol. The van der Waals surface area contributed by atoms with Crippen molar-refractivity contribution in [1.82, 2.24) is 13.9 Å². The molecule has 1 aliphatic heterocycles. The van der Waals surface area contributed by atoms with Crippen molar-refractivity contribution in [3.8, 4) is 5.69 Å². The van der Waals surface area contributed by atoms with Gasteiger partial charge in [-0.1, -0.05) is 18.2 Å². The summed E-state index contributed by atoms with van der Waals surface area (Å²) in [6, 6.07) is 14.6. The summed E-state index contributed by atoms with van der Waals surface area (Å²) in [5.41, 5.74) is 3.19. The van der Waals surface area contributed by atoms with Gasteiger partial charge >= 0.3 is 5.97 Å². The zero-order chi connectivity index (χ0) is 24.3. The molecule has 0 saturated carbocycles. The third kappa shape index (κ3) is 4.80. The van der Waals surface area contributed by atoms with E-state index in [1.807, 2.05) is 48.7 Å². The van der Waals surface area contributed by atoms with Crippen LogP contribution in [0.1, 0.15) is 34.6 Å². The highest BCUT2D eigenvalue weighted by Crippen LogP contribution is 2.25. The van der Waals surface area contributed by atoms with Crippen LogP contribution >= 0.6 is 0 Å². The van der Waals surface area contributed by atoms with Crippen molar-refractivity contribution in [2.75, 3.05) is 19.7 Å². The van der Waals surface area contributed by atoms with Gasteiger partial charge in [0.15, 0.2) is 6.61 Å². The predicted octanol–water partition coefficient (Wildman–Crippen LogP) is 3.32. The molecule has 3 heterocycles. The molecule has 1 fully saturated rings. The molecule has 178 valence electrons. The highest BCUT2D eigenvalue weighted by atomic mass is 32.2. The van der Waals surface area contributed by atoms with Gasteiger partial charge in [0.2, 0.25) is 15.8 Å². The third-order valence-electron chi connectivity index (χ3n) is 6.15. The van der Waals surface area contributed by atoms with Crippen molar-refractivity contribution < 1.29 is 22.7 Å². The van der Waals surface area contributed by atoms with Gasteiger partial charge in [-0.05, 0) is 57.0 Å². The van der Waals surface area contributed by atoms with E-state index in [9.17, 15) is 18.0 Å². The van der Waals surface area contributed by atoms with Crippen LogP contribution in [0.15, 0.2) is 65.8 Å². The number of aryl methyl sites for hydroxylation is 1. The van der Waals surface area contributed by atoms with E-state index in [2.05, 4.69) is 4.98 Å². The number of sulfonamides is 1. The molecule has 34 heavy (non-hydrogen) atoms. The number of esters is 1. The van der Waals surface area contributed by atoms with Gasteiger partial charge in [0, 0.05) is 48.1 Å². The highest BCUT2D eigenvalue weighted by Gasteiger charge is 2.33. The topological polar surface area (TPSA) is 98.6 Å². The first-order valence-corrected chi connectivity index (χ1v) is 12.6. The first-order valence-electron chi connectivity index (χ1n) is 11.1. The van der Waals surface area contributed by atoms with E-state index < -0.39 is 21.9 Å². The predicted molar refractivity (Wildman–Crippen MR) is 126 cm³/mol. The van der Waals surface area contributed by atoms with Crippen LogP contribution in [0.3, 0.4) is 0 Å². The number of pyridine rings is 1. The van der Waals surface area contributed by atoms with Gasteiger partial charge in [-0.15, -0.1) is 0 Å².